The first kappa shape index (κ1) is 27.0. The molecule has 1 aliphatic rings. The van der Waals surface area contributed by atoms with E-state index in [2.05, 4.69) is 15.4 Å². The van der Waals surface area contributed by atoms with Crippen molar-refractivity contribution in [1.82, 2.24) is 15.4 Å². The van der Waals surface area contributed by atoms with Crippen LogP contribution in [0.5, 0.6) is 0 Å². The number of carbonyl (C=O) groups is 2. The molecule has 37 heavy (non-hydrogen) atoms. The Labute approximate surface area is 222 Å². The lowest BCUT2D eigenvalue weighted by Gasteiger charge is -2.25. The maximum atomic E-state index is 12.6. The Morgan fingerprint density at radius 1 is 1.00 bits per heavy atom. The number of Topliss-reactive ketones (excluding diaryl/α,β-unsaturated/α-hetero) is 1. The smallest absolute Gasteiger partial charge is 0.237 e. The molecule has 1 aliphatic heterocycles. The molecule has 0 spiro atoms. The second kappa shape index (κ2) is 12.0. The SMILES string of the molecule is CS(=O)(=O)NCC(c1ccc(CC(=O)CNC(=O)C2Cc3ccccc3CN2)cc1)c1ccccc1Cl. The maximum absolute atomic E-state index is 12.6. The number of halogens is 1. The monoisotopic (exact) mass is 539 g/mol. The van der Waals surface area contributed by atoms with Crippen LogP contribution in [0.15, 0.2) is 72.8 Å². The second-order valence-electron chi connectivity index (χ2n) is 9.28. The van der Waals surface area contributed by atoms with Gasteiger partial charge < -0.3 is 10.6 Å². The van der Waals surface area contributed by atoms with E-state index in [0.29, 0.717) is 18.0 Å². The van der Waals surface area contributed by atoms with E-state index in [1.165, 1.54) is 5.56 Å². The van der Waals surface area contributed by atoms with Crippen molar-refractivity contribution in [2.24, 2.45) is 0 Å². The number of nitrogens with one attached hydrogen (secondary N) is 3. The summed E-state index contributed by atoms with van der Waals surface area (Å²) in [4.78, 5) is 25.2. The van der Waals surface area contributed by atoms with Crippen molar-refractivity contribution in [3.05, 3.63) is 106 Å². The third-order valence-electron chi connectivity index (χ3n) is 6.47. The summed E-state index contributed by atoms with van der Waals surface area (Å²) in [6, 6.07) is 22.4. The minimum atomic E-state index is -3.39. The van der Waals surface area contributed by atoms with Crippen molar-refractivity contribution in [1.29, 1.82) is 0 Å². The zero-order valence-electron chi connectivity index (χ0n) is 20.5. The van der Waals surface area contributed by atoms with Crippen LogP contribution in [-0.2, 0) is 39.0 Å². The van der Waals surface area contributed by atoms with Gasteiger partial charge in [0.15, 0.2) is 5.78 Å². The van der Waals surface area contributed by atoms with Gasteiger partial charge in [0.1, 0.15) is 0 Å². The fraction of sp³-hybridized carbons (Fsp3) is 0.286. The number of carbonyl (C=O) groups excluding carboxylic acids is 2. The average molecular weight is 540 g/mol. The number of sulfonamides is 1. The maximum Gasteiger partial charge on any atom is 0.237 e. The van der Waals surface area contributed by atoms with E-state index in [0.717, 1.165) is 28.5 Å². The molecule has 0 bridgehead atoms. The molecule has 0 radical (unpaired) electrons. The molecule has 7 nitrogen and oxygen atoms in total. The quantitative estimate of drug-likeness (QED) is 0.367. The number of rotatable bonds is 10. The molecule has 9 heteroatoms. The van der Waals surface area contributed by atoms with Crippen molar-refractivity contribution in [3.63, 3.8) is 0 Å². The number of amides is 1. The molecule has 0 aromatic heterocycles. The van der Waals surface area contributed by atoms with Crippen molar-refractivity contribution in [2.75, 3.05) is 19.3 Å². The van der Waals surface area contributed by atoms with Crippen LogP contribution in [0.25, 0.3) is 0 Å². The van der Waals surface area contributed by atoms with Crippen molar-refractivity contribution >= 4 is 33.3 Å². The molecule has 0 aliphatic carbocycles. The first-order chi connectivity index (χ1) is 17.7. The minimum absolute atomic E-state index is 0.0407. The number of hydrogen-bond donors (Lipinski definition) is 3. The number of hydrogen-bond acceptors (Lipinski definition) is 5. The highest BCUT2D eigenvalue weighted by molar-refractivity contribution is 7.88. The van der Waals surface area contributed by atoms with Gasteiger partial charge in [-0.05, 0) is 40.3 Å². The van der Waals surface area contributed by atoms with Gasteiger partial charge in [-0.15, -0.1) is 0 Å². The van der Waals surface area contributed by atoms with Gasteiger partial charge in [-0.25, -0.2) is 13.1 Å². The van der Waals surface area contributed by atoms with Crippen LogP contribution in [0.1, 0.15) is 33.7 Å². The van der Waals surface area contributed by atoms with E-state index < -0.39 is 10.0 Å². The molecule has 2 atom stereocenters. The highest BCUT2D eigenvalue weighted by Crippen LogP contribution is 2.30. The van der Waals surface area contributed by atoms with Crippen molar-refractivity contribution in [2.45, 2.75) is 31.3 Å². The molecule has 1 amide bonds. The third-order valence-corrected chi connectivity index (χ3v) is 7.51. The van der Waals surface area contributed by atoms with Crippen LogP contribution < -0.4 is 15.4 Å². The van der Waals surface area contributed by atoms with Crippen LogP contribution in [0.2, 0.25) is 5.02 Å². The summed E-state index contributed by atoms with van der Waals surface area (Å²) in [7, 11) is -3.39. The lowest BCUT2D eigenvalue weighted by molar-refractivity contribution is -0.126. The molecule has 0 saturated carbocycles. The Morgan fingerprint density at radius 2 is 1.68 bits per heavy atom. The fourth-order valence-electron chi connectivity index (χ4n) is 4.51. The Kier molecular flexibility index (Phi) is 8.76. The predicted octanol–water partition coefficient (Wildman–Crippen LogP) is 2.96. The van der Waals surface area contributed by atoms with Gasteiger partial charge in [0.25, 0.3) is 0 Å². The van der Waals surface area contributed by atoms with E-state index in [1.54, 1.807) is 6.07 Å². The van der Waals surface area contributed by atoms with Gasteiger partial charge in [-0.3, -0.25) is 9.59 Å². The Balaban J connectivity index is 1.35. The summed E-state index contributed by atoms with van der Waals surface area (Å²) < 4.78 is 26.0. The molecule has 4 rings (SSSR count). The number of ketones is 1. The minimum Gasteiger partial charge on any atom is -0.348 e. The molecular formula is C28H30ClN3O4S. The molecule has 0 saturated heterocycles. The van der Waals surface area contributed by atoms with Gasteiger partial charge in [0, 0.05) is 30.5 Å². The topological polar surface area (TPSA) is 104 Å². The summed E-state index contributed by atoms with van der Waals surface area (Å²) in [6.45, 7) is 0.747. The van der Waals surface area contributed by atoms with Gasteiger partial charge in [-0.2, -0.15) is 0 Å². The van der Waals surface area contributed by atoms with E-state index >= 15 is 0 Å². The molecule has 194 valence electrons. The summed E-state index contributed by atoms with van der Waals surface area (Å²) in [5.41, 5.74) is 4.83. The van der Waals surface area contributed by atoms with Crippen LogP contribution in [0.3, 0.4) is 0 Å². The Hall–Kier alpha value is -3.04. The second-order valence-corrected chi connectivity index (χ2v) is 11.5. The van der Waals surface area contributed by atoms with Gasteiger partial charge >= 0.3 is 0 Å². The Morgan fingerprint density at radius 3 is 2.38 bits per heavy atom. The van der Waals surface area contributed by atoms with E-state index in [4.69, 9.17) is 11.6 Å². The molecular weight excluding hydrogens is 510 g/mol. The van der Waals surface area contributed by atoms with Crippen molar-refractivity contribution in [3.8, 4) is 0 Å². The van der Waals surface area contributed by atoms with Crippen LogP contribution in [0.4, 0.5) is 0 Å². The van der Waals surface area contributed by atoms with Gasteiger partial charge in [0.05, 0.1) is 18.8 Å². The van der Waals surface area contributed by atoms with E-state index in [-0.39, 0.29) is 43.2 Å². The summed E-state index contributed by atoms with van der Waals surface area (Å²) in [5, 5.41) is 6.54. The predicted molar refractivity (Wildman–Crippen MR) is 145 cm³/mol. The third kappa shape index (κ3) is 7.49. The van der Waals surface area contributed by atoms with Crippen molar-refractivity contribution < 1.29 is 18.0 Å². The standard InChI is InChI=1S/C28H30ClN3O4S/c1-37(35,36)32-18-25(24-8-4-5-9-26(24)29)20-12-10-19(11-13-20)14-23(33)17-31-28(34)27-15-21-6-2-3-7-22(21)16-30-27/h2-13,25,27,30,32H,14-18H2,1H3,(H,31,34). The summed E-state index contributed by atoms with van der Waals surface area (Å²) in [6.07, 6.45) is 1.89. The molecule has 3 aromatic rings. The highest BCUT2D eigenvalue weighted by Gasteiger charge is 2.24. The number of fused-ring (bicyclic) bond motifs is 1. The first-order valence-corrected chi connectivity index (χ1v) is 14.3. The normalized spacial score (nSPS) is 16.0. The molecule has 0 fully saturated rings. The van der Waals surface area contributed by atoms with Crippen LogP contribution >= 0.6 is 11.6 Å². The van der Waals surface area contributed by atoms with E-state index in [9.17, 15) is 18.0 Å². The van der Waals surface area contributed by atoms with Gasteiger partial charge in [0.2, 0.25) is 15.9 Å². The van der Waals surface area contributed by atoms with Crippen LogP contribution in [-0.4, -0.2) is 45.5 Å². The molecule has 2 unspecified atom stereocenters. The van der Waals surface area contributed by atoms with Crippen LogP contribution in [0, 0.1) is 0 Å². The molecule has 3 aromatic carbocycles. The summed E-state index contributed by atoms with van der Waals surface area (Å²) in [5.74, 6) is -0.571. The largest absolute Gasteiger partial charge is 0.348 e. The lowest BCUT2D eigenvalue weighted by Crippen LogP contribution is -2.48. The molecule has 1 heterocycles. The summed E-state index contributed by atoms with van der Waals surface area (Å²) >= 11 is 6.40. The first-order valence-electron chi connectivity index (χ1n) is 12.1. The average Bonchev–Trinajstić information content (AvgIpc) is 2.88. The highest BCUT2D eigenvalue weighted by atomic mass is 35.5. The Bertz CT molecular complexity index is 1380. The number of benzene rings is 3. The lowest BCUT2D eigenvalue weighted by atomic mass is 9.90. The zero-order chi connectivity index (χ0) is 26.4. The van der Waals surface area contributed by atoms with Gasteiger partial charge in [-0.1, -0.05) is 78.3 Å². The molecule has 3 N–H and O–H groups in total. The fourth-order valence-corrected chi connectivity index (χ4v) is 5.24. The zero-order valence-corrected chi connectivity index (χ0v) is 22.1. The van der Waals surface area contributed by atoms with E-state index in [1.807, 2.05) is 66.7 Å².